The zero-order chi connectivity index (χ0) is 14.3. The van der Waals surface area contributed by atoms with Gasteiger partial charge in [0.25, 0.3) is 5.91 Å². The van der Waals surface area contributed by atoms with Gasteiger partial charge in [0.2, 0.25) is 5.25 Å². The van der Waals surface area contributed by atoms with Crippen molar-refractivity contribution in [2.24, 2.45) is 16.8 Å². The maximum atomic E-state index is 12.2. The number of fused-ring (bicyclic) bond motifs is 2. The number of amidine groups is 1. The molecule has 1 heterocycles. The van der Waals surface area contributed by atoms with Crippen molar-refractivity contribution in [2.75, 3.05) is 6.61 Å². The fraction of sp³-hybridized carbons (Fsp3) is 0.769. The Morgan fingerprint density at radius 3 is 2.85 bits per heavy atom. The van der Waals surface area contributed by atoms with E-state index in [4.69, 9.17) is 4.74 Å². The molecule has 1 aliphatic heterocycles. The second kappa shape index (κ2) is 5.27. The van der Waals surface area contributed by atoms with E-state index in [1.54, 1.807) is 6.92 Å². The third-order valence-corrected chi connectivity index (χ3v) is 5.78. The van der Waals surface area contributed by atoms with E-state index in [9.17, 15) is 13.8 Å². The minimum atomic E-state index is -1.74. The lowest BCUT2D eigenvalue weighted by atomic mass is 9.96. The number of esters is 1. The van der Waals surface area contributed by atoms with Gasteiger partial charge in [-0.3, -0.25) is 14.6 Å². The van der Waals surface area contributed by atoms with E-state index in [0.717, 1.165) is 18.8 Å². The van der Waals surface area contributed by atoms with E-state index < -0.39 is 27.9 Å². The molecule has 0 radical (unpaired) electrons. The molecule has 1 amide bonds. The van der Waals surface area contributed by atoms with Crippen LogP contribution < -0.4 is 5.32 Å². The lowest BCUT2D eigenvalue weighted by molar-refractivity contribution is -0.144. The standard InChI is InChI=1S/C13H18N2O4S/c1-2-19-12(17)10-11(16)15-13(20(10)18)14-9-6-7-3-4-8(9)5-7/h7-10H,2-6H2,1H3,(H,14,15,16)/t7-,8+,9?,10?,20?/m1/s1. The smallest absolute Gasteiger partial charge is 0.331 e. The van der Waals surface area contributed by atoms with E-state index >= 15 is 0 Å². The second-order valence-electron chi connectivity index (χ2n) is 5.60. The Morgan fingerprint density at radius 2 is 2.25 bits per heavy atom. The van der Waals surface area contributed by atoms with Crippen molar-refractivity contribution >= 4 is 27.8 Å². The SMILES string of the molecule is CCOC(=O)C1C(=O)NC(=NC2C[C@@H]3CC[C@H]2C3)S1=O. The number of carbonyl (C=O) groups excluding carboxylic acids is 2. The number of ether oxygens (including phenoxy) is 1. The monoisotopic (exact) mass is 298 g/mol. The predicted octanol–water partition coefficient (Wildman–Crippen LogP) is 0.341. The summed E-state index contributed by atoms with van der Waals surface area (Å²) >= 11 is 0. The first kappa shape index (κ1) is 13.7. The minimum absolute atomic E-state index is 0.147. The van der Waals surface area contributed by atoms with E-state index in [1.165, 1.54) is 12.8 Å². The third-order valence-electron chi connectivity index (χ3n) is 4.36. The average Bonchev–Trinajstić information content (AvgIpc) is 3.06. The molecule has 1 N–H and O–H groups in total. The number of hydrogen-bond donors (Lipinski definition) is 1. The maximum Gasteiger partial charge on any atom is 0.331 e. The second-order valence-corrected chi connectivity index (χ2v) is 7.05. The Balaban J connectivity index is 1.74. The quantitative estimate of drug-likeness (QED) is 0.601. The highest BCUT2D eigenvalue weighted by molar-refractivity contribution is 8.03. The molecule has 0 aromatic heterocycles. The molecule has 3 unspecified atom stereocenters. The molecule has 6 nitrogen and oxygen atoms in total. The van der Waals surface area contributed by atoms with Crippen LogP contribution in [0, 0.1) is 11.8 Å². The van der Waals surface area contributed by atoms with Gasteiger partial charge in [-0.2, -0.15) is 0 Å². The van der Waals surface area contributed by atoms with Crippen molar-refractivity contribution in [2.45, 2.75) is 43.9 Å². The summed E-state index contributed by atoms with van der Waals surface area (Å²) in [5, 5.41) is 1.39. The van der Waals surface area contributed by atoms with Crippen molar-refractivity contribution in [3.63, 3.8) is 0 Å². The molecular formula is C13H18N2O4S. The van der Waals surface area contributed by atoms with Crippen molar-refractivity contribution in [3.8, 4) is 0 Å². The zero-order valence-corrected chi connectivity index (χ0v) is 12.1. The van der Waals surface area contributed by atoms with Gasteiger partial charge in [0.05, 0.1) is 12.6 Å². The van der Waals surface area contributed by atoms with Crippen LogP contribution in [0.1, 0.15) is 32.6 Å². The molecule has 1 saturated heterocycles. The molecule has 7 heteroatoms. The van der Waals surface area contributed by atoms with Crippen LogP contribution in [-0.4, -0.2) is 39.2 Å². The summed E-state index contributed by atoms with van der Waals surface area (Å²) in [6.45, 7) is 1.82. The molecule has 2 bridgehead atoms. The minimum Gasteiger partial charge on any atom is -0.465 e. The summed E-state index contributed by atoms with van der Waals surface area (Å²) < 4.78 is 17.0. The van der Waals surface area contributed by atoms with Gasteiger partial charge < -0.3 is 10.1 Å². The molecular weight excluding hydrogens is 280 g/mol. The summed E-state index contributed by atoms with van der Waals surface area (Å²) in [6, 6.07) is 0.147. The average molecular weight is 298 g/mol. The summed E-state index contributed by atoms with van der Waals surface area (Å²) in [6.07, 6.45) is 4.61. The Bertz CT molecular complexity index is 505. The van der Waals surface area contributed by atoms with Crippen LogP contribution in [-0.2, 0) is 25.1 Å². The highest BCUT2D eigenvalue weighted by Gasteiger charge is 2.46. The fourth-order valence-corrected chi connectivity index (χ4v) is 4.61. The molecule has 0 spiro atoms. The largest absolute Gasteiger partial charge is 0.465 e. The highest BCUT2D eigenvalue weighted by atomic mass is 32.2. The number of nitrogens with zero attached hydrogens (tertiary/aromatic N) is 1. The Morgan fingerprint density at radius 1 is 1.45 bits per heavy atom. The van der Waals surface area contributed by atoms with Crippen LogP contribution >= 0.6 is 0 Å². The Kier molecular flexibility index (Phi) is 3.62. The van der Waals surface area contributed by atoms with Crippen molar-refractivity contribution in [1.29, 1.82) is 0 Å². The van der Waals surface area contributed by atoms with Crippen LogP contribution in [0.5, 0.6) is 0 Å². The number of nitrogens with one attached hydrogen (secondary N) is 1. The summed E-state index contributed by atoms with van der Waals surface area (Å²) in [7, 11) is -1.74. The molecule has 3 rings (SSSR count). The van der Waals surface area contributed by atoms with Crippen LogP contribution in [0.15, 0.2) is 4.99 Å². The van der Waals surface area contributed by atoms with Gasteiger partial charge in [-0.05, 0) is 38.0 Å². The van der Waals surface area contributed by atoms with Crippen LogP contribution in [0.4, 0.5) is 0 Å². The van der Waals surface area contributed by atoms with Crippen molar-refractivity contribution in [1.82, 2.24) is 5.32 Å². The van der Waals surface area contributed by atoms with Crippen LogP contribution in [0.25, 0.3) is 0 Å². The number of carbonyl (C=O) groups is 2. The van der Waals surface area contributed by atoms with Gasteiger partial charge >= 0.3 is 5.97 Å². The topological polar surface area (TPSA) is 84.8 Å². The molecule has 2 aliphatic carbocycles. The predicted molar refractivity (Wildman–Crippen MR) is 73.4 cm³/mol. The van der Waals surface area contributed by atoms with Gasteiger partial charge in [0.15, 0.2) is 5.17 Å². The molecule has 20 heavy (non-hydrogen) atoms. The lowest BCUT2D eigenvalue weighted by Crippen LogP contribution is -2.33. The Hall–Kier alpha value is -1.24. The molecule has 3 fully saturated rings. The van der Waals surface area contributed by atoms with Crippen LogP contribution in [0.3, 0.4) is 0 Å². The first-order valence-corrected chi connectivity index (χ1v) is 8.27. The first-order chi connectivity index (χ1) is 9.60. The van der Waals surface area contributed by atoms with Crippen molar-refractivity contribution < 1.29 is 18.5 Å². The molecule has 110 valence electrons. The Labute approximate surface area is 119 Å². The molecule has 0 aromatic carbocycles. The van der Waals surface area contributed by atoms with E-state index in [-0.39, 0.29) is 17.8 Å². The zero-order valence-electron chi connectivity index (χ0n) is 11.3. The van der Waals surface area contributed by atoms with E-state index in [1.807, 2.05) is 0 Å². The molecule has 2 saturated carbocycles. The summed E-state index contributed by atoms with van der Waals surface area (Å²) in [5.41, 5.74) is 0. The normalized spacial score (nSPS) is 41.1. The van der Waals surface area contributed by atoms with Crippen molar-refractivity contribution in [3.05, 3.63) is 0 Å². The summed E-state index contributed by atoms with van der Waals surface area (Å²) in [5.74, 6) is -0.0334. The van der Waals surface area contributed by atoms with Gasteiger partial charge in [-0.15, -0.1) is 0 Å². The van der Waals surface area contributed by atoms with Gasteiger partial charge in [-0.1, -0.05) is 6.42 Å². The van der Waals surface area contributed by atoms with Gasteiger partial charge in [0, 0.05) is 0 Å². The van der Waals surface area contributed by atoms with E-state index in [0.29, 0.717) is 5.92 Å². The fourth-order valence-electron chi connectivity index (χ4n) is 3.45. The highest BCUT2D eigenvalue weighted by Crippen LogP contribution is 2.46. The lowest BCUT2D eigenvalue weighted by Gasteiger charge is -2.17. The first-order valence-electron chi connectivity index (χ1n) is 7.06. The summed E-state index contributed by atoms with van der Waals surface area (Å²) in [4.78, 5) is 27.9. The number of rotatable bonds is 3. The maximum absolute atomic E-state index is 12.2. The number of aliphatic imine (C=N–C) groups is 1. The number of amides is 1. The molecule has 0 aromatic rings. The number of hydrogen-bond acceptors (Lipinski definition) is 5. The third kappa shape index (κ3) is 2.28. The van der Waals surface area contributed by atoms with E-state index in [2.05, 4.69) is 10.3 Å². The molecule has 3 aliphatic rings. The van der Waals surface area contributed by atoms with Gasteiger partial charge in [-0.25, -0.2) is 4.21 Å². The van der Waals surface area contributed by atoms with Crippen LogP contribution in [0.2, 0.25) is 0 Å². The van der Waals surface area contributed by atoms with Gasteiger partial charge in [0.1, 0.15) is 10.8 Å². The molecule has 5 atom stereocenters.